The molecule has 0 amide bonds. The van der Waals surface area contributed by atoms with Crippen LogP contribution in [0.25, 0.3) is 0 Å². The predicted octanol–water partition coefficient (Wildman–Crippen LogP) is 2.56. The highest BCUT2D eigenvalue weighted by atomic mass is 35.5. The van der Waals surface area contributed by atoms with Crippen LogP contribution in [0, 0.1) is 0 Å². The van der Waals surface area contributed by atoms with E-state index in [0.717, 1.165) is 24.2 Å². The Kier molecular flexibility index (Phi) is 7.09. The standard InChI is InChI=1S/C16H20N2O.ClH/c17-15-8-6-13(7-9-15)10-11-18-12-16(19)14-4-2-1-3-5-14;/h1-9,16,18-19H,10-12,17H2;1H/t16-;/m1./s1. The maximum Gasteiger partial charge on any atom is 0.0914 e. The number of nitrogens with one attached hydrogen (secondary N) is 1. The molecule has 0 saturated heterocycles. The summed E-state index contributed by atoms with van der Waals surface area (Å²) in [4.78, 5) is 0. The topological polar surface area (TPSA) is 58.3 Å². The minimum atomic E-state index is -0.451. The van der Waals surface area contributed by atoms with Gasteiger partial charge < -0.3 is 16.2 Å². The molecule has 4 N–H and O–H groups in total. The third-order valence-corrected chi connectivity index (χ3v) is 3.09. The van der Waals surface area contributed by atoms with Crippen molar-refractivity contribution in [1.29, 1.82) is 0 Å². The van der Waals surface area contributed by atoms with Crippen LogP contribution in [0.15, 0.2) is 54.6 Å². The molecule has 0 aliphatic heterocycles. The van der Waals surface area contributed by atoms with E-state index in [0.29, 0.717) is 6.54 Å². The van der Waals surface area contributed by atoms with Gasteiger partial charge in [0.25, 0.3) is 0 Å². The van der Waals surface area contributed by atoms with E-state index < -0.39 is 6.10 Å². The van der Waals surface area contributed by atoms with Crippen molar-refractivity contribution in [3.63, 3.8) is 0 Å². The fourth-order valence-electron chi connectivity index (χ4n) is 1.95. The van der Waals surface area contributed by atoms with Crippen LogP contribution in [-0.4, -0.2) is 18.2 Å². The Morgan fingerprint density at radius 3 is 2.30 bits per heavy atom. The molecular weight excluding hydrogens is 272 g/mol. The second-order valence-corrected chi connectivity index (χ2v) is 4.62. The monoisotopic (exact) mass is 292 g/mol. The third-order valence-electron chi connectivity index (χ3n) is 3.09. The minimum absolute atomic E-state index is 0. The van der Waals surface area contributed by atoms with Crippen molar-refractivity contribution in [1.82, 2.24) is 5.32 Å². The van der Waals surface area contributed by atoms with Gasteiger partial charge in [0.2, 0.25) is 0 Å². The van der Waals surface area contributed by atoms with Crippen molar-refractivity contribution >= 4 is 18.1 Å². The van der Waals surface area contributed by atoms with Crippen molar-refractivity contribution in [2.24, 2.45) is 0 Å². The molecule has 0 heterocycles. The largest absolute Gasteiger partial charge is 0.399 e. The van der Waals surface area contributed by atoms with Gasteiger partial charge in [-0.15, -0.1) is 12.4 Å². The Balaban J connectivity index is 0.00000200. The molecule has 0 aliphatic rings. The molecule has 2 aromatic carbocycles. The van der Waals surface area contributed by atoms with Crippen LogP contribution in [0.4, 0.5) is 5.69 Å². The van der Waals surface area contributed by atoms with Crippen molar-refractivity contribution in [2.45, 2.75) is 12.5 Å². The highest BCUT2D eigenvalue weighted by Gasteiger charge is 2.05. The SMILES string of the molecule is Cl.Nc1ccc(CCNC[C@@H](O)c2ccccc2)cc1. The quantitative estimate of drug-likeness (QED) is 0.566. The highest BCUT2D eigenvalue weighted by Crippen LogP contribution is 2.10. The molecule has 0 spiro atoms. The van der Waals surface area contributed by atoms with Crippen LogP contribution >= 0.6 is 12.4 Å². The summed E-state index contributed by atoms with van der Waals surface area (Å²) in [7, 11) is 0. The first-order valence-electron chi connectivity index (χ1n) is 6.54. The summed E-state index contributed by atoms with van der Waals surface area (Å²) in [5, 5.41) is 13.2. The van der Waals surface area contributed by atoms with E-state index in [1.54, 1.807) is 0 Å². The van der Waals surface area contributed by atoms with E-state index >= 15 is 0 Å². The molecule has 0 aliphatic carbocycles. The van der Waals surface area contributed by atoms with Crippen LogP contribution in [0.3, 0.4) is 0 Å². The van der Waals surface area contributed by atoms with Gasteiger partial charge in [-0.05, 0) is 36.2 Å². The van der Waals surface area contributed by atoms with E-state index in [-0.39, 0.29) is 12.4 Å². The molecule has 20 heavy (non-hydrogen) atoms. The van der Waals surface area contributed by atoms with Crippen LogP contribution < -0.4 is 11.1 Å². The Morgan fingerprint density at radius 2 is 1.65 bits per heavy atom. The first-order valence-corrected chi connectivity index (χ1v) is 6.54. The van der Waals surface area contributed by atoms with Gasteiger partial charge in [0, 0.05) is 12.2 Å². The summed E-state index contributed by atoms with van der Waals surface area (Å²) < 4.78 is 0. The van der Waals surface area contributed by atoms with E-state index in [1.165, 1.54) is 5.56 Å². The number of aliphatic hydroxyl groups excluding tert-OH is 1. The number of benzene rings is 2. The lowest BCUT2D eigenvalue weighted by Gasteiger charge is -2.12. The molecule has 0 saturated carbocycles. The zero-order valence-electron chi connectivity index (χ0n) is 11.3. The number of anilines is 1. The summed E-state index contributed by atoms with van der Waals surface area (Å²) in [5.74, 6) is 0. The number of hydrogen-bond donors (Lipinski definition) is 3. The lowest BCUT2D eigenvalue weighted by molar-refractivity contribution is 0.175. The average molecular weight is 293 g/mol. The fraction of sp³-hybridized carbons (Fsp3) is 0.250. The second-order valence-electron chi connectivity index (χ2n) is 4.62. The van der Waals surface area contributed by atoms with Crippen LogP contribution in [0.2, 0.25) is 0 Å². The number of aliphatic hydroxyl groups is 1. The number of nitrogens with two attached hydrogens (primary N) is 1. The van der Waals surface area contributed by atoms with E-state index in [9.17, 15) is 5.11 Å². The number of halogens is 1. The molecule has 3 nitrogen and oxygen atoms in total. The molecule has 1 atom stereocenters. The minimum Gasteiger partial charge on any atom is -0.399 e. The van der Waals surface area contributed by atoms with E-state index in [4.69, 9.17) is 5.73 Å². The van der Waals surface area contributed by atoms with Crippen molar-refractivity contribution in [2.75, 3.05) is 18.8 Å². The molecule has 0 unspecified atom stereocenters. The number of nitrogen functional groups attached to an aromatic ring is 1. The summed E-state index contributed by atoms with van der Waals surface area (Å²) in [6.07, 6.45) is 0.481. The zero-order chi connectivity index (χ0) is 13.5. The molecule has 2 rings (SSSR count). The summed E-state index contributed by atoms with van der Waals surface area (Å²) in [6, 6.07) is 17.6. The van der Waals surface area contributed by atoms with Gasteiger partial charge in [-0.25, -0.2) is 0 Å². The van der Waals surface area contributed by atoms with Gasteiger partial charge in [-0.2, -0.15) is 0 Å². The van der Waals surface area contributed by atoms with E-state index in [2.05, 4.69) is 5.32 Å². The van der Waals surface area contributed by atoms with Gasteiger partial charge in [-0.3, -0.25) is 0 Å². The molecule has 0 aromatic heterocycles. The number of hydrogen-bond acceptors (Lipinski definition) is 3. The Bertz CT molecular complexity index is 488. The smallest absolute Gasteiger partial charge is 0.0914 e. The molecular formula is C16H21ClN2O. The number of rotatable bonds is 6. The third kappa shape index (κ3) is 5.21. The van der Waals surface area contributed by atoms with Gasteiger partial charge in [-0.1, -0.05) is 42.5 Å². The lowest BCUT2D eigenvalue weighted by atomic mass is 10.1. The van der Waals surface area contributed by atoms with Crippen LogP contribution in [0.5, 0.6) is 0 Å². The van der Waals surface area contributed by atoms with Crippen molar-refractivity contribution in [3.8, 4) is 0 Å². The normalized spacial score (nSPS) is 11.7. The Hall–Kier alpha value is -1.55. The van der Waals surface area contributed by atoms with Gasteiger partial charge in [0.05, 0.1) is 6.10 Å². The Morgan fingerprint density at radius 1 is 1.00 bits per heavy atom. The molecule has 4 heteroatoms. The van der Waals surface area contributed by atoms with Gasteiger partial charge in [0.15, 0.2) is 0 Å². The van der Waals surface area contributed by atoms with Crippen LogP contribution in [-0.2, 0) is 6.42 Å². The van der Waals surface area contributed by atoms with Crippen molar-refractivity contribution < 1.29 is 5.11 Å². The van der Waals surface area contributed by atoms with Gasteiger partial charge in [0.1, 0.15) is 0 Å². The summed E-state index contributed by atoms with van der Waals surface area (Å²) in [5.41, 5.74) is 8.62. The molecule has 108 valence electrons. The Labute approximate surface area is 126 Å². The molecule has 0 fully saturated rings. The second kappa shape index (κ2) is 8.59. The fourth-order valence-corrected chi connectivity index (χ4v) is 1.95. The zero-order valence-corrected chi connectivity index (χ0v) is 12.1. The maximum atomic E-state index is 9.98. The molecule has 0 radical (unpaired) electrons. The van der Waals surface area contributed by atoms with Gasteiger partial charge >= 0.3 is 0 Å². The van der Waals surface area contributed by atoms with Crippen LogP contribution in [0.1, 0.15) is 17.2 Å². The maximum absolute atomic E-state index is 9.98. The predicted molar refractivity (Wildman–Crippen MR) is 86.1 cm³/mol. The van der Waals surface area contributed by atoms with Crippen molar-refractivity contribution in [3.05, 3.63) is 65.7 Å². The average Bonchev–Trinajstić information content (AvgIpc) is 2.46. The lowest BCUT2D eigenvalue weighted by Crippen LogP contribution is -2.23. The molecule has 0 bridgehead atoms. The summed E-state index contributed by atoms with van der Waals surface area (Å²) >= 11 is 0. The highest BCUT2D eigenvalue weighted by molar-refractivity contribution is 5.85. The summed E-state index contributed by atoms with van der Waals surface area (Å²) in [6.45, 7) is 1.41. The van der Waals surface area contributed by atoms with E-state index in [1.807, 2.05) is 54.6 Å². The molecule has 2 aromatic rings. The first-order chi connectivity index (χ1) is 9.25. The first kappa shape index (κ1) is 16.5.